The molecule has 2 saturated heterocycles. The van der Waals surface area contributed by atoms with Crippen molar-refractivity contribution in [2.24, 2.45) is 0 Å². The fourth-order valence-corrected chi connectivity index (χ4v) is 3.40. The zero-order valence-electron chi connectivity index (χ0n) is 11.4. The molecule has 1 aromatic heterocycles. The van der Waals surface area contributed by atoms with Crippen LogP contribution in [0.15, 0.2) is 24.5 Å². The van der Waals surface area contributed by atoms with Gasteiger partial charge >= 0.3 is 0 Å². The van der Waals surface area contributed by atoms with Gasteiger partial charge < -0.3 is 14.2 Å². The maximum Gasteiger partial charge on any atom is 0.223 e. The first-order chi connectivity index (χ1) is 9.30. The van der Waals surface area contributed by atoms with Crippen molar-refractivity contribution in [3.8, 4) is 0 Å². The smallest absolute Gasteiger partial charge is 0.223 e. The van der Waals surface area contributed by atoms with Gasteiger partial charge in [0.05, 0.1) is 12.1 Å². The van der Waals surface area contributed by atoms with Crippen LogP contribution in [0, 0.1) is 0 Å². The van der Waals surface area contributed by atoms with E-state index < -0.39 is 0 Å². The van der Waals surface area contributed by atoms with Crippen LogP contribution in [0.5, 0.6) is 0 Å². The SMILES string of the molecule is O=C(CCCn1cccc1)N1CCCC12CCOC2. The third-order valence-electron chi connectivity index (χ3n) is 4.45. The van der Waals surface area contributed by atoms with Crippen LogP contribution in [0.1, 0.15) is 32.1 Å². The fraction of sp³-hybridized carbons (Fsp3) is 0.667. The summed E-state index contributed by atoms with van der Waals surface area (Å²) in [6, 6.07) is 4.04. The molecule has 2 aliphatic heterocycles. The number of ether oxygens (including phenoxy) is 1. The van der Waals surface area contributed by atoms with E-state index in [4.69, 9.17) is 4.74 Å². The molecular formula is C15H22N2O2. The summed E-state index contributed by atoms with van der Waals surface area (Å²) < 4.78 is 7.66. The number of rotatable bonds is 4. The van der Waals surface area contributed by atoms with E-state index in [1.54, 1.807) is 0 Å². The molecule has 2 aliphatic rings. The molecule has 1 spiro atoms. The Kier molecular flexibility index (Phi) is 3.60. The van der Waals surface area contributed by atoms with Gasteiger partial charge in [-0.15, -0.1) is 0 Å². The van der Waals surface area contributed by atoms with Gasteiger partial charge in [0.2, 0.25) is 5.91 Å². The minimum atomic E-state index is 0.0462. The van der Waals surface area contributed by atoms with Gasteiger partial charge in [-0.25, -0.2) is 0 Å². The zero-order chi connectivity index (χ0) is 13.1. The zero-order valence-corrected chi connectivity index (χ0v) is 11.4. The molecule has 1 unspecified atom stereocenters. The molecule has 4 heteroatoms. The summed E-state index contributed by atoms with van der Waals surface area (Å²) in [5.41, 5.74) is 0.0462. The lowest BCUT2D eigenvalue weighted by Gasteiger charge is -2.33. The summed E-state index contributed by atoms with van der Waals surface area (Å²) in [5.74, 6) is 0.315. The molecule has 0 radical (unpaired) electrons. The maximum atomic E-state index is 12.4. The normalized spacial score (nSPS) is 26.4. The molecule has 0 aliphatic carbocycles. The number of likely N-dealkylation sites (tertiary alicyclic amines) is 1. The molecule has 2 fully saturated rings. The summed E-state index contributed by atoms with van der Waals surface area (Å²) in [7, 11) is 0. The number of hydrogen-bond acceptors (Lipinski definition) is 2. The summed E-state index contributed by atoms with van der Waals surface area (Å²) in [5, 5.41) is 0. The van der Waals surface area contributed by atoms with E-state index in [0.717, 1.165) is 52.0 Å². The lowest BCUT2D eigenvalue weighted by Crippen LogP contribution is -2.47. The number of hydrogen-bond donors (Lipinski definition) is 0. The lowest BCUT2D eigenvalue weighted by molar-refractivity contribution is -0.135. The van der Waals surface area contributed by atoms with Crippen LogP contribution in [0.3, 0.4) is 0 Å². The Balaban J connectivity index is 1.52. The molecule has 4 nitrogen and oxygen atoms in total. The monoisotopic (exact) mass is 262 g/mol. The van der Waals surface area contributed by atoms with E-state index in [2.05, 4.69) is 9.47 Å². The standard InChI is InChI=1S/C15H22N2O2/c18-14(5-3-10-16-8-1-2-9-16)17-11-4-6-15(17)7-12-19-13-15/h1-2,8-9H,3-7,10-13H2. The summed E-state index contributed by atoms with van der Waals surface area (Å²) in [6.07, 6.45) is 8.94. The van der Waals surface area contributed by atoms with Crippen LogP contribution in [-0.2, 0) is 16.1 Å². The second-order valence-corrected chi connectivity index (χ2v) is 5.70. The van der Waals surface area contributed by atoms with Gasteiger partial charge in [0.25, 0.3) is 0 Å². The summed E-state index contributed by atoms with van der Waals surface area (Å²) >= 11 is 0. The third kappa shape index (κ3) is 2.54. The second-order valence-electron chi connectivity index (χ2n) is 5.70. The first-order valence-electron chi connectivity index (χ1n) is 7.29. The van der Waals surface area contributed by atoms with E-state index in [0.29, 0.717) is 12.3 Å². The number of aryl methyl sites for hydroxylation is 1. The Bertz CT molecular complexity index is 416. The van der Waals surface area contributed by atoms with Crippen molar-refractivity contribution < 1.29 is 9.53 Å². The molecule has 0 bridgehead atoms. The van der Waals surface area contributed by atoms with E-state index in [9.17, 15) is 4.79 Å². The van der Waals surface area contributed by atoms with Crippen LogP contribution in [0.25, 0.3) is 0 Å². The largest absolute Gasteiger partial charge is 0.379 e. The van der Waals surface area contributed by atoms with Crippen molar-refractivity contribution in [2.45, 2.75) is 44.2 Å². The molecule has 0 aromatic carbocycles. The molecule has 0 N–H and O–H groups in total. The highest BCUT2D eigenvalue weighted by Gasteiger charge is 2.45. The average molecular weight is 262 g/mol. The summed E-state index contributed by atoms with van der Waals surface area (Å²) in [6.45, 7) is 3.41. The van der Waals surface area contributed by atoms with E-state index in [-0.39, 0.29) is 5.54 Å². The Labute approximate surface area is 114 Å². The predicted molar refractivity (Wildman–Crippen MR) is 72.8 cm³/mol. The van der Waals surface area contributed by atoms with Crippen LogP contribution >= 0.6 is 0 Å². The van der Waals surface area contributed by atoms with Crippen molar-refractivity contribution in [1.82, 2.24) is 9.47 Å². The van der Waals surface area contributed by atoms with E-state index in [1.807, 2.05) is 24.5 Å². The molecule has 1 aromatic rings. The average Bonchev–Trinajstić information content (AvgIpc) is 3.13. The molecule has 1 amide bonds. The molecular weight excluding hydrogens is 240 g/mol. The molecule has 1 atom stereocenters. The van der Waals surface area contributed by atoms with Gasteiger partial charge in [0.1, 0.15) is 0 Å². The predicted octanol–water partition coefficient (Wildman–Crippen LogP) is 2.05. The molecule has 19 heavy (non-hydrogen) atoms. The van der Waals surface area contributed by atoms with Crippen LogP contribution < -0.4 is 0 Å². The number of aromatic nitrogens is 1. The molecule has 3 heterocycles. The number of amides is 1. The quantitative estimate of drug-likeness (QED) is 0.832. The van der Waals surface area contributed by atoms with Gasteiger partial charge in [0, 0.05) is 38.5 Å². The van der Waals surface area contributed by atoms with Crippen molar-refractivity contribution >= 4 is 5.91 Å². The van der Waals surface area contributed by atoms with Crippen LogP contribution in [-0.4, -0.2) is 40.7 Å². The highest BCUT2D eigenvalue weighted by Crippen LogP contribution is 2.36. The molecule has 104 valence electrons. The van der Waals surface area contributed by atoms with Crippen LogP contribution in [0.2, 0.25) is 0 Å². The highest BCUT2D eigenvalue weighted by molar-refractivity contribution is 5.77. The minimum Gasteiger partial charge on any atom is -0.379 e. The van der Waals surface area contributed by atoms with Crippen molar-refractivity contribution in [2.75, 3.05) is 19.8 Å². The van der Waals surface area contributed by atoms with Crippen molar-refractivity contribution in [3.05, 3.63) is 24.5 Å². The first kappa shape index (κ1) is 12.7. The fourth-order valence-electron chi connectivity index (χ4n) is 3.40. The van der Waals surface area contributed by atoms with Gasteiger partial charge in [-0.2, -0.15) is 0 Å². The second kappa shape index (κ2) is 5.37. The molecule has 3 rings (SSSR count). The Morgan fingerprint density at radius 1 is 1.26 bits per heavy atom. The number of nitrogens with zero attached hydrogens (tertiary/aromatic N) is 2. The highest BCUT2D eigenvalue weighted by atomic mass is 16.5. The maximum absolute atomic E-state index is 12.4. The Hall–Kier alpha value is -1.29. The topological polar surface area (TPSA) is 34.5 Å². The summed E-state index contributed by atoms with van der Waals surface area (Å²) in [4.78, 5) is 14.5. The molecule has 0 saturated carbocycles. The van der Waals surface area contributed by atoms with Gasteiger partial charge in [-0.3, -0.25) is 4.79 Å². The van der Waals surface area contributed by atoms with Crippen LogP contribution in [0.4, 0.5) is 0 Å². The Morgan fingerprint density at radius 3 is 2.84 bits per heavy atom. The van der Waals surface area contributed by atoms with Crippen molar-refractivity contribution in [1.29, 1.82) is 0 Å². The third-order valence-corrected chi connectivity index (χ3v) is 4.45. The first-order valence-corrected chi connectivity index (χ1v) is 7.29. The lowest BCUT2D eigenvalue weighted by atomic mass is 9.95. The van der Waals surface area contributed by atoms with E-state index in [1.165, 1.54) is 0 Å². The minimum absolute atomic E-state index is 0.0462. The number of carbonyl (C=O) groups excluding carboxylic acids is 1. The van der Waals surface area contributed by atoms with Gasteiger partial charge in [0.15, 0.2) is 0 Å². The van der Waals surface area contributed by atoms with Gasteiger partial charge in [-0.05, 0) is 37.8 Å². The van der Waals surface area contributed by atoms with Gasteiger partial charge in [-0.1, -0.05) is 0 Å². The Morgan fingerprint density at radius 2 is 2.11 bits per heavy atom. The number of carbonyl (C=O) groups is 1. The van der Waals surface area contributed by atoms with E-state index >= 15 is 0 Å². The van der Waals surface area contributed by atoms with Crippen molar-refractivity contribution in [3.63, 3.8) is 0 Å².